The molecule has 0 saturated heterocycles. The molecule has 0 radical (unpaired) electrons. The van der Waals surface area contributed by atoms with E-state index in [0.29, 0.717) is 22.0 Å². The molecular formula is C31H27N3O3. The van der Waals surface area contributed by atoms with Gasteiger partial charge in [-0.3, -0.25) is 14.4 Å². The Kier molecular flexibility index (Phi) is 6.56. The second-order valence-electron chi connectivity index (χ2n) is 9.08. The van der Waals surface area contributed by atoms with Crippen molar-refractivity contribution in [2.24, 2.45) is 0 Å². The van der Waals surface area contributed by atoms with Gasteiger partial charge in [0, 0.05) is 29.1 Å². The zero-order chi connectivity index (χ0) is 25.9. The number of carbonyl (C=O) groups is 2. The molecule has 5 aromatic rings. The first-order valence-corrected chi connectivity index (χ1v) is 12.2. The quantitative estimate of drug-likeness (QED) is 0.315. The van der Waals surface area contributed by atoms with E-state index < -0.39 is 0 Å². The smallest absolute Gasteiger partial charge is 0.255 e. The lowest BCUT2D eigenvalue weighted by Gasteiger charge is -2.27. The first-order valence-electron chi connectivity index (χ1n) is 12.2. The molecule has 0 unspecified atom stereocenters. The molecule has 0 bridgehead atoms. The van der Waals surface area contributed by atoms with Crippen LogP contribution in [0.3, 0.4) is 0 Å². The molecule has 0 fully saturated rings. The number of nitrogens with zero attached hydrogens (tertiary/aromatic N) is 2. The van der Waals surface area contributed by atoms with Crippen LogP contribution >= 0.6 is 0 Å². The number of anilines is 1. The third kappa shape index (κ3) is 4.74. The maximum Gasteiger partial charge on any atom is 0.255 e. The SMILES string of the molecule is C[C@@H](c1cccc(NC(=O)c2ccccc2)c1)N(C)C(=O)Cn1c2ccccc2c(=O)c2ccccc21. The number of rotatable bonds is 6. The monoisotopic (exact) mass is 489 g/mol. The number of hydrogen-bond acceptors (Lipinski definition) is 3. The van der Waals surface area contributed by atoms with Crippen molar-refractivity contribution in [3.8, 4) is 0 Å². The molecule has 4 aromatic carbocycles. The van der Waals surface area contributed by atoms with Gasteiger partial charge in [-0.05, 0) is 61.0 Å². The summed E-state index contributed by atoms with van der Waals surface area (Å²) in [6.45, 7) is 2.05. The van der Waals surface area contributed by atoms with Gasteiger partial charge in [-0.25, -0.2) is 0 Å². The second-order valence-corrected chi connectivity index (χ2v) is 9.08. The molecule has 1 N–H and O–H groups in total. The van der Waals surface area contributed by atoms with E-state index >= 15 is 0 Å². The Morgan fingerprint density at radius 3 is 2.05 bits per heavy atom. The van der Waals surface area contributed by atoms with Crippen molar-refractivity contribution >= 4 is 39.3 Å². The van der Waals surface area contributed by atoms with Crippen LogP contribution in [0, 0.1) is 0 Å². The summed E-state index contributed by atoms with van der Waals surface area (Å²) in [5.74, 6) is -0.281. The second kappa shape index (κ2) is 10.1. The Morgan fingerprint density at radius 1 is 0.811 bits per heavy atom. The van der Waals surface area contributed by atoms with Crippen LogP contribution in [0.25, 0.3) is 21.8 Å². The minimum Gasteiger partial charge on any atom is -0.337 e. The third-order valence-electron chi connectivity index (χ3n) is 6.81. The van der Waals surface area contributed by atoms with E-state index in [1.165, 1.54) is 0 Å². The normalized spacial score (nSPS) is 11.8. The van der Waals surface area contributed by atoms with Crippen molar-refractivity contribution in [1.82, 2.24) is 9.47 Å². The Labute approximate surface area is 214 Å². The Morgan fingerprint density at radius 2 is 1.41 bits per heavy atom. The van der Waals surface area contributed by atoms with Crippen molar-refractivity contribution in [3.63, 3.8) is 0 Å². The molecule has 184 valence electrons. The average molecular weight is 490 g/mol. The van der Waals surface area contributed by atoms with Crippen LogP contribution < -0.4 is 10.7 Å². The zero-order valence-electron chi connectivity index (χ0n) is 20.7. The van der Waals surface area contributed by atoms with Gasteiger partial charge < -0.3 is 14.8 Å². The summed E-state index contributed by atoms with van der Waals surface area (Å²) < 4.78 is 1.91. The third-order valence-corrected chi connectivity index (χ3v) is 6.81. The van der Waals surface area contributed by atoms with Crippen LogP contribution in [0.15, 0.2) is 108 Å². The summed E-state index contributed by atoms with van der Waals surface area (Å²) in [6, 6.07) is 31.1. The molecule has 0 spiro atoms. The molecule has 1 heterocycles. The number of hydrogen-bond donors (Lipinski definition) is 1. The number of pyridine rings is 1. The standard InChI is InChI=1S/C31H27N3O3/c1-21(23-13-10-14-24(19-23)32-31(37)22-11-4-3-5-12-22)33(2)29(35)20-34-27-17-8-6-15-25(27)30(36)26-16-7-9-18-28(26)34/h3-19,21H,20H2,1-2H3,(H,32,37)/t21-/m0/s1. The largest absolute Gasteiger partial charge is 0.337 e. The van der Waals surface area contributed by atoms with Crippen LogP contribution in [0.1, 0.15) is 28.9 Å². The van der Waals surface area contributed by atoms with Crippen molar-refractivity contribution in [2.75, 3.05) is 12.4 Å². The minimum atomic E-state index is -0.238. The molecule has 0 aliphatic heterocycles. The number of carbonyl (C=O) groups excluding carboxylic acids is 2. The van der Waals surface area contributed by atoms with Crippen LogP contribution in [0.4, 0.5) is 5.69 Å². The molecule has 37 heavy (non-hydrogen) atoms. The first kappa shape index (κ1) is 24.0. The molecule has 6 heteroatoms. The average Bonchev–Trinajstić information content (AvgIpc) is 2.95. The fraction of sp³-hybridized carbons (Fsp3) is 0.129. The van der Waals surface area contributed by atoms with Crippen molar-refractivity contribution < 1.29 is 9.59 Å². The Balaban J connectivity index is 1.40. The van der Waals surface area contributed by atoms with Gasteiger partial charge in [-0.1, -0.05) is 54.6 Å². The topological polar surface area (TPSA) is 71.4 Å². The lowest BCUT2D eigenvalue weighted by molar-refractivity contribution is -0.132. The lowest BCUT2D eigenvalue weighted by atomic mass is 10.1. The van der Waals surface area contributed by atoms with Gasteiger partial charge in [-0.2, -0.15) is 0 Å². The van der Waals surface area contributed by atoms with E-state index in [0.717, 1.165) is 16.6 Å². The van der Waals surface area contributed by atoms with Crippen molar-refractivity contribution in [3.05, 3.63) is 124 Å². The molecule has 6 nitrogen and oxygen atoms in total. The van der Waals surface area contributed by atoms with E-state index in [1.54, 1.807) is 36.2 Å². The van der Waals surface area contributed by atoms with Crippen LogP contribution in [-0.2, 0) is 11.3 Å². The first-order chi connectivity index (χ1) is 17.9. The van der Waals surface area contributed by atoms with E-state index in [1.807, 2.05) is 90.4 Å². The number of fused-ring (bicyclic) bond motifs is 2. The van der Waals surface area contributed by atoms with Gasteiger partial charge >= 0.3 is 0 Å². The minimum absolute atomic E-state index is 0.0361. The Hall–Kier alpha value is -4.71. The van der Waals surface area contributed by atoms with Gasteiger partial charge in [0.2, 0.25) is 5.91 Å². The predicted molar refractivity (Wildman–Crippen MR) is 148 cm³/mol. The molecule has 0 saturated carbocycles. The van der Waals surface area contributed by atoms with Gasteiger partial charge in [-0.15, -0.1) is 0 Å². The summed E-state index contributed by atoms with van der Waals surface area (Å²) >= 11 is 0. The van der Waals surface area contributed by atoms with Gasteiger partial charge in [0.15, 0.2) is 5.43 Å². The van der Waals surface area contributed by atoms with Gasteiger partial charge in [0.1, 0.15) is 6.54 Å². The lowest BCUT2D eigenvalue weighted by Crippen LogP contribution is -2.33. The van der Waals surface area contributed by atoms with E-state index in [2.05, 4.69) is 5.32 Å². The van der Waals surface area contributed by atoms with Crippen molar-refractivity contribution in [2.45, 2.75) is 19.5 Å². The summed E-state index contributed by atoms with van der Waals surface area (Å²) in [6.07, 6.45) is 0. The zero-order valence-corrected chi connectivity index (χ0v) is 20.7. The highest BCUT2D eigenvalue weighted by molar-refractivity contribution is 6.04. The summed E-state index contributed by atoms with van der Waals surface area (Å²) in [7, 11) is 1.77. The summed E-state index contributed by atoms with van der Waals surface area (Å²) in [5, 5.41) is 4.11. The summed E-state index contributed by atoms with van der Waals surface area (Å²) in [5.41, 5.74) is 3.56. The van der Waals surface area contributed by atoms with Gasteiger partial charge in [0.05, 0.1) is 17.1 Å². The fourth-order valence-electron chi connectivity index (χ4n) is 4.60. The highest BCUT2D eigenvalue weighted by Crippen LogP contribution is 2.24. The van der Waals surface area contributed by atoms with E-state index in [-0.39, 0.29) is 29.8 Å². The van der Waals surface area contributed by atoms with E-state index in [4.69, 9.17) is 0 Å². The van der Waals surface area contributed by atoms with Crippen LogP contribution in [-0.4, -0.2) is 28.3 Å². The van der Waals surface area contributed by atoms with Crippen molar-refractivity contribution in [1.29, 1.82) is 0 Å². The molecule has 1 atom stereocenters. The molecule has 1 aromatic heterocycles. The highest BCUT2D eigenvalue weighted by atomic mass is 16.2. The summed E-state index contributed by atoms with van der Waals surface area (Å²) in [4.78, 5) is 40.8. The highest BCUT2D eigenvalue weighted by Gasteiger charge is 2.20. The Bertz CT molecular complexity index is 1610. The van der Waals surface area contributed by atoms with Crippen LogP contribution in [0.5, 0.6) is 0 Å². The molecular weight excluding hydrogens is 462 g/mol. The number of likely N-dealkylation sites (N-methyl/N-ethyl adjacent to an activating group) is 1. The number of aromatic nitrogens is 1. The molecule has 0 aliphatic rings. The number of amides is 2. The fourth-order valence-corrected chi connectivity index (χ4v) is 4.60. The maximum absolute atomic E-state index is 13.5. The maximum atomic E-state index is 13.5. The number of para-hydroxylation sites is 2. The number of nitrogens with one attached hydrogen (secondary N) is 1. The van der Waals surface area contributed by atoms with Gasteiger partial charge in [0.25, 0.3) is 5.91 Å². The molecule has 5 rings (SSSR count). The predicted octanol–water partition coefficient (Wildman–Crippen LogP) is 5.63. The van der Waals surface area contributed by atoms with E-state index in [9.17, 15) is 14.4 Å². The molecule has 2 amide bonds. The number of benzene rings is 4. The van der Waals surface area contributed by atoms with Crippen LogP contribution in [0.2, 0.25) is 0 Å². The molecule has 0 aliphatic carbocycles.